The Morgan fingerprint density at radius 2 is 1.25 bits per heavy atom. The Hall–Kier alpha value is 1.40. The second-order valence-corrected chi connectivity index (χ2v) is 4.39. The second kappa shape index (κ2) is 6.52. The zero-order chi connectivity index (χ0) is 7.21. The van der Waals surface area contributed by atoms with Crippen molar-refractivity contribution in [3.8, 4) is 0 Å². The van der Waals surface area contributed by atoms with Crippen LogP contribution in [-0.4, -0.2) is 9.08 Å². The van der Waals surface area contributed by atoms with Gasteiger partial charge < -0.3 is 0 Å². The van der Waals surface area contributed by atoms with Crippen LogP contribution in [0.5, 0.6) is 0 Å². The van der Waals surface area contributed by atoms with Crippen LogP contribution >= 0.6 is 55.1 Å². The summed E-state index contributed by atoms with van der Waals surface area (Å²) in [6.45, 7) is 0. The van der Waals surface area contributed by atoms with E-state index >= 15 is 0 Å². The van der Waals surface area contributed by atoms with Gasteiger partial charge in [0.25, 0.3) is 0 Å². The van der Waals surface area contributed by atoms with Gasteiger partial charge >= 0.3 is 3.74 Å². The van der Waals surface area contributed by atoms with Gasteiger partial charge in [0.05, 0.1) is 5.34 Å². The predicted molar refractivity (Wildman–Crippen MR) is 39.4 cm³/mol. The fourth-order valence-electron chi connectivity index (χ4n) is 0. The van der Waals surface area contributed by atoms with Crippen molar-refractivity contribution < 1.29 is 8.78 Å². The highest BCUT2D eigenvalue weighted by molar-refractivity contribution is 9.25. The van der Waals surface area contributed by atoms with Crippen molar-refractivity contribution in [3.05, 3.63) is 0 Å². The number of hydrogen-bond acceptors (Lipinski definition) is 0. The third kappa shape index (κ3) is 155. The molecule has 0 aliphatic rings. The van der Waals surface area contributed by atoms with Crippen molar-refractivity contribution in [1.82, 2.24) is 0 Å². The molecule has 0 aliphatic carbocycles. The summed E-state index contributed by atoms with van der Waals surface area (Å²) in [6.07, 6.45) is 0. The van der Waals surface area contributed by atoms with Crippen LogP contribution in [0.1, 0.15) is 0 Å². The molecule has 0 atom stereocenters. The molecule has 0 N–H and O–H groups in total. The van der Waals surface area contributed by atoms with Gasteiger partial charge in [-0.1, -0.05) is 0 Å². The Bertz CT molecular complexity index is 39.8. The highest BCUT2D eigenvalue weighted by atomic mass is 79.9. The van der Waals surface area contributed by atoms with E-state index in [1.165, 1.54) is 0 Å². The van der Waals surface area contributed by atoms with Crippen LogP contribution < -0.4 is 0 Å². The van der Waals surface area contributed by atoms with Gasteiger partial charge in [0.15, 0.2) is 0 Å². The Labute approximate surface area is 72.8 Å². The van der Waals surface area contributed by atoms with Crippen molar-refractivity contribution in [2.75, 3.05) is 5.34 Å². The number of hydrogen-bond donors (Lipinski definition) is 0. The number of halogens is 6. The quantitative estimate of drug-likeness (QED) is 0.597. The van der Waals surface area contributed by atoms with Gasteiger partial charge in [-0.3, -0.25) is 0 Å². The molecule has 0 rings (SSSR count). The molecule has 0 amide bonds. The molecule has 0 aromatic heterocycles. The Morgan fingerprint density at radius 1 is 1.25 bits per heavy atom. The fraction of sp³-hybridized carbons (Fsp3) is 1.00. The maximum Gasteiger partial charge on any atom is 0.356 e. The second-order valence-electron chi connectivity index (χ2n) is 0.530. The summed E-state index contributed by atoms with van der Waals surface area (Å²) in [7, 11) is 0. The van der Waals surface area contributed by atoms with E-state index in [-0.39, 0.29) is 5.34 Å². The van der Waals surface area contributed by atoms with E-state index < -0.39 is 3.74 Å². The zero-order valence-corrected chi connectivity index (χ0v) is 8.16. The summed E-state index contributed by atoms with van der Waals surface area (Å²) in [6, 6.07) is 0. The average molecular weight is 295 g/mol. The van der Waals surface area contributed by atoms with E-state index in [0.717, 1.165) is 0 Å². The molecule has 0 aliphatic heterocycles. The molecular weight excluding hydrogens is 293 g/mol. The van der Waals surface area contributed by atoms with Crippen molar-refractivity contribution in [3.63, 3.8) is 0 Å². The van der Waals surface area contributed by atoms with Gasteiger partial charge in [-0.25, -0.2) is 0 Å². The van der Waals surface area contributed by atoms with Gasteiger partial charge in [0.1, 0.15) is 0 Å². The third-order valence-corrected chi connectivity index (χ3v) is 0. The maximum absolute atomic E-state index is 10.9. The van der Waals surface area contributed by atoms with E-state index in [9.17, 15) is 8.78 Å². The Balaban J connectivity index is 0. The van der Waals surface area contributed by atoms with Crippen molar-refractivity contribution in [1.29, 1.82) is 0 Å². The van der Waals surface area contributed by atoms with Gasteiger partial charge in [-0.2, -0.15) is 8.78 Å². The summed E-state index contributed by atoms with van der Waals surface area (Å²) >= 11 is 13.4. The van der Waals surface area contributed by atoms with Crippen LogP contribution in [0.4, 0.5) is 8.78 Å². The standard InChI is InChI=1S/CBr2F2.CH2Cl2/c2-1(3,4)5;2-1-3/h;1H2. The molecule has 0 unspecified atom stereocenters. The molecule has 0 radical (unpaired) electrons. The lowest BCUT2D eigenvalue weighted by Gasteiger charge is -1.88. The molecule has 0 saturated heterocycles. The number of alkyl halides is 6. The lowest BCUT2D eigenvalue weighted by atomic mass is 11.7. The van der Waals surface area contributed by atoms with Crippen LogP contribution in [0.15, 0.2) is 0 Å². The molecule has 0 saturated carbocycles. The van der Waals surface area contributed by atoms with E-state index in [2.05, 4.69) is 0 Å². The van der Waals surface area contributed by atoms with E-state index in [1.807, 2.05) is 31.9 Å². The first kappa shape index (κ1) is 12.1. The van der Waals surface area contributed by atoms with Crippen molar-refractivity contribution >= 4 is 55.1 Å². The molecule has 6 heteroatoms. The normalized spacial score (nSPS) is 9.75. The lowest BCUT2D eigenvalue weighted by molar-refractivity contribution is 0.229. The Kier molecular flexibility index (Phi) is 9.87. The van der Waals surface area contributed by atoms with Crippen LogP contribution in [0.2, 0.25) is 0 Å². The molecule has 0 aromatic carbocycles. The lowest BCUT2D eigenvalue weighted by Crippen LogP contribution is -1.84. The van der Waals surface area contributed by atoms with E-state index in [0.29, 0.717) is 0 Å². The molecule has 0 bridgehead atoms. The molecular formula is C2H2Br2Cl2F2. The molecule has 0 fully saturated rings. The van der Waals surface area contributed by atoms with Gasteiger partial charge in [0, 0.05) is 31.9 Å². The van der Waals surface area contributed by atoms with Gasteiger partial charge in [-0.15, -0.1) is 23.2 Å². The van der Waals surface area contributed by atoms with E-state index in [4.69, 9.17) is 23.2 Å². The third-order valence-electron chi connectivity index (χ3n) is 0. The fourth-order valence-corrected chi connectivity index (χ4v) is 0. The first-order valence-electron chi connectivity index (χ1n) is 1.29. The predicted octanol–water partition coefficient (Wildman–Crippen LogP) is 3.75. The SMILES string of the molecule is ClCCl.FC(F)(Br)Br. The van der Waals surface area contributed by atoms with Crippen LogP contribution in [0.25, 0.3) is 0 Å². The smallest absolute Gasteiger partial charge is 0.181 e. The van der Waals surface area contributed by atoms with Gasteiger partial charge in [-0.05, 0) is 0 Å². The number of rotatable bonds is 0. The molecule has 52 valence electrons. The minimum absolute atomic E-state index is 0.194. The minimum Gasteiger partial charge on any atom is -0.181 e. The minimum atomic E-state index is -2.88. The summed E-state index contributed by atoms with van der Waals surface area (Å²) in [5.74, 6) is 0. The first-order valence-corrected chi connectivity index (χ1v) is 3.95. The summed E-state index contributed by atoms with van der Waals surface area (Å²) < 4.78 is 18.8. The van der Waals surface area contributed by atoms with Crippen LogP contribution in [0.3, 0.4) is 0 Å². The topological polar surface area (TPSA) is 0 Å². The molecule has 0 spiro atoms. The maximum atomic E-state index is 10.9. The molecule has 0 nitrogen and oxygen atoms in total. The van der Waals surface area contributed by atoms with Crippen LogP contribution in [0, 0.1) is 0 Å². The zero-order valence-electron chi connectivity index (χ0n) is 3.47. The highest BCUT2D eigenvalue weighted by Gasteiger charge is 2.15. The van der Waals surface area contributed by atoms with Gasteiger partial charge in [0.2, 0.25) is 0 Å². The van der Waals surface area contributed by atoms with Crippen molar-refractivity contribution in [2.24, 2.45) is 0 Å². The first-order chi connectivity index (χ1) is 3.41. The summed E-state index contributed by atoms with van der Waals surface area (Å²) in [5.41, 5.74) is 0. The highest BCUT2D eigenvalue weighted by Crippen LogP contribution is 2.28. The van der Waals surface area contributed by atoms with E-state index in [1.54, 1.807) is 0 Å². The van der Waals surface area contributed by atoms with Crippen molar-refractivity contribution in [2.45, 2.75) is 3.74 Å². The monoisotopic (exact) mass is 292 g/mol. The average Bonchev–Trinajstić information content (AvgIpc) is 1.27. The summed E-state index contributed by atoms with van der Waals surface area (Å²) in [4.78, 5) is 0. The Morgan fingerprint density at radius 3 is 1.25 bits per heavy atom. The van der Waals surface area contributed by atoms with Crippen LogP contribution in [-0.2, 0) is 0 Å². The molecule has 0 aromatic rings. The largest absolute Gasteiger partial charge is 0.356 e. The molecule has 0 heterocycles. The summed E-state index contributed by atoms with van der Waals surface area (Å²) in [5, 5.41) is 0.194. The molecule has 8 heavy (non-hydrogen) atoms.